The summed E-state index contributed by atoms with van der Waals surface area (Å²) in [6.45, 7) is 18.6. The predicted octanol–water partition coefficient (Wildman–Crippen LogP) is -0.350. The molecule has 139 valence electrons. The van der Waals surface area contributed by atoms with E-state index in [0.29, 0.717) is 0 Å². The van der Waals surface area contributed by atoms with Gasteiger partial charge in [0, 0.05) is 0 Å². The largest absolute Gasteiger partial charge is 1.00 e. The smallest absolute Gasteiger partial charge is 1.00 e. The number of halogens is 2. The maximum atomic E-state index is 2.51. The van der Waals surface area contributed by atoms with E-state index in [0.717, 1.165) is 6.42 Å². The van der Waals surface area contributed by atoms with Crippen LogP contribution in [0.1, 0.15) is 74.9 Å². The molecule has 0 atom stereocenters. The molecule has 26 heavy (non-hydrogen) atoms. The van der Waals surface area contributed by atoms with E-state index in [2.05, 4.69) is 73.6 Å². The van der Waals surface area contributed by atoms with Crippen molar-refractivity contribution in [3.05, 3.63) is 51.6 Å². The predicted molar refractivity (Wildman–Crippen MR) is 101 cm³/mol. The molecule has 0 saturated carbocycles. The van der Waals surface area contributed by atoms with E-state index in [9.17, 15) is 0 Å². The van der Waals surface area contributed by atoms with E-state index in [4.69, 9.17) is 0 Å². The summed E-state index contributed by atoms with van der Waals surface area (Å²) in [5, 5.41) is 0. The van der Waals surface area contributed by atoms with Crippen molar-refractivity contribution in [3.8, 4) is 11.1 Å². The Balaban J connectivity index is 0.00000169. The fraction of sp³-hybridized carbons (Fsp3) is 0.478. The minimum absolute atomic E-state index is 0. The van der Waals surface area contributed by atoms with Crippen molar-refractivity contribution in [2.75, 3.05) is 0 Å². The van der Waals surface area contributed by atoms with Gasteiger partial charge in [0.15, 0.2) is 0 Å². The number of fused-ring (bicyclic) bond motifs is 3. The van der Waals surface area contributed by atoms with E-state index in [1.54, 1.807) is 33.6 Å². The van der Waals surface area contributed by atoms with Gasteiger partial charge in [-0.1, -0.05) is 0 Å². The quantitative estimate of drug-likeness (QED) is 0.424. The Hall–Kier alpha value is -0.0969. The Bertz CT molecular complexity index is 837. The Morgan fingerprint density at radius 2 is 1.35 bits per heavy atom. The second-order valence-corrected chi connectivity index (χ2v) is 10.7. The van der Waals surface area contributed by atoms with Crippen molar-refractivity contribution >= 4 is 3.27 Å². The summed E-state index contributed by atoms with van der Waals surface area (Å²) in [5.74, 6) is 0. The van der Waals surface area contributed by atoms with E-state index < -0.39 is 0 Å². The molecule has 0 aromatic heterocycles. The molecule has 1 aliphatic carbocycles. The van der Waals surface area contributed by atoms with Crippen LogP contribution < -0.4 is 28.1 Å². The second-order valence-electron chi connectivity index (χ2n) is 9.47. The fourth-order valence-corrected chi connectivity index (χ4v) is 5.00. The zero-order valence-corrected chi connectivity index (χ0v) is 21.2. The molecule has 3 rings (SSSR count). The first-order valence-electron chi connectivity index (χ1n) is 8.94. The molecule has 0 aliphatic heterocycles. The third kappa shape index (κ3) is 4.01. The van der Waals surface area contributed by atoms with Crippen LogP contribution >= 0.6 is 0 Å². The SMILES string of the molecule is Cc1cc2c(c(C(C)(C)C)c1)-c1cc(C(C)(C)C)c(C)[c]([Zr+2])c1C2.[Cl-].[Cl-]. The van der Waals surface area contributed by atoms with Crippen LogP contribution in [0.2, 0.25) is 0 Å². The number of hydrogen-bond donors (Lipinski definition) is 0. The van der Waals surface area contributed by atoms with Crippen LogP contribution in [0.4, 0.5) is 0 Å². The number of hydrogen-bond acceptors (Lipinski definition) is 0. The first kappa shape index (κ1) is 23.9. The molecule has 0 N–H and O–H groups in total. The normalized spacial score (nSPS) is 12.8. The van der Waals surface area contributed by atoms with E-state index in [1.165, 1.54) is 38.9 Å². The molecule has 0 fully saturated rings. The minimum Gasteiger partial charge on any atom is -1.00 e. The van der Waals surface area contributed by atoms with Crippen molar-refractivity contribution < 1.29 is 49.5 Å². The Kier molecular flexibility index (Phi) is 7.12. The van der Waals surface area contributed by atoms with Crippen molar-refractivity contribution in [2.45, 2.75) is 72.6 Å². The van der Waals surface area contributed by atoms with Crippen LogP contribution in [0, 0.1) is 13.8 Å². The maximum Gasteiger partial charge on any atom is -1.00 e. The van der Waals surface area contributed by atoms with Crippen molar-refractivity contribution in [3.63, 3.8) is 0 Å². The van der Waals surface area contributed by atoms with Gasteiger partial charge in [0.2, 0.25) is 0 Å². The molecule has 0 amide bonds. The average Bonchev–Trinajstić information content (AvgIpc) is 2.77. The summed E-state index contributed by atoms with van der Waals surface area (Å²) < 4.78 is 1.58. The van der Waals surface area contributed by atoms with Gasteiger partial charge in [-0.2, -0.15) is 0 Å². The van der Waals surface area contributed by atoms with Crippen LogP contribution in [0.15, 0.2) is 18.2 Å². The number of aryl methyl sites for hydroxylation is 1. The third-order valence-electron chi connectivity index (χ3n) is 5.31. The van der Waals surface area contributed by atoms with Crippen LogP contribution in [-0.2, 0) is 42.0 Å². The van der Waals surface area contributed by atoms with Crippen LogP contribution in [0.25, 0.3) is 11.1 Å². The molecule has 0 nitrogen and oxygen atoms in total. The first-order chi connectivity index (χ1) is 10.9. The van der Waals surface area contributed by atoms with E-state index in [-0.39, 0.29) is 35.6 Å². The summed E-state index contributed by atoms with van der Waals surface area (Å²) in [5.41, 5.74) is 12.5. The van der Waals surface area contributed by atoms with Crippen molar-refractivity contribution in [1.82, 2.24) is 0 Å². The molecule has 0 radical (unpaired) electrons. The molecule has 0 unspecified atom stereocenters. The Labute approximate surface area is 187 Å². The molecular formula is C23H29Cl2Zr. The molecular weight excluding hydrogens is 438 g/mol. The fourth-order valence-electron chi connectivity index (χ4n) is 4.12. The van der Waals surface area contributed by atoms with Gasteiger partial charge < -0.3 is 24.8 Å². The zero-order valence-electron chi connectivity index (χ0n) is 17.2. The van der Waals surface area contributed by atoms with Gasteiger partial charge in [-0.25, -0.2) is 0 Å². The van der Waals surface area contributed by atoms with Gasteiger partial charge in [-0.05, 0) is 0 Å². The van der Waals surface area contributed by atoms with E-state index >= 15 is 0 Å². The summed E-state index contributed by atoms with van der Waals surface area (Å²) in [7, 11) is 0. The third-order valence-corrected chi connectivity index (χ3v) is 6.98. The van der Waals surface area contributed by atoms with Crippen LogP contribution in [0.5, 0.6) is 0 Å². The minimum atomic E-state index is 0. The topological polar surface area (TPSA) is 0 Å². The summed E-state index contributed by atoms with van der Waals surface area (Å²) in [6.07, 6.45) is 1.11. The summed E-state index contributed by atoms with van der Waals surface area (Å²) in [4.78, 5) is 0. The molecule has 0 spiro atoms. The van der Waals surface area contributed by atoms with Crippen molar-refractivity contribution in [1.29, 1.82) is 0 Å². The van der Waals surface area contributed by atoms with Crippen molar-refractivity contribution in [2.24, 2.45) is 0 Å². The summed E-state index contributed by atoms with van der Waals surface area (Å²) in [6, 6.07) is 7.33. The van der Waals surface area contributed by atoms with Gasteiger partial charge in [0.1, 0.15) is 0 Å². The first-order valence-corrected chi connectivity index (χ1v) is 10.2. The number of rotatable bonds is 0. The molecule has 3 heteroatoms. The van der Waals surface area contributed by atoms with Gasteiger partial charge in [0.05, 0.1) is 0 Å². The number of benzene rings is 2. The maximum absolute atomic E-state index is 2.51. The van der Waals surface area contributed by atoms with Gasteiger partial charge in [-0.15, -0.1) is 0 Å². The molecule has 2 aromatic rings. The van der Waals surface area contributed by atoms with Gasteiger partial charge in [0.25, 0.3) is 0 Å². The van der Waals surface area contributed by atoms with E-state index in [1.807, 2.05) is 0 Å². The van der Waals surface area contributed by atoms with Gasteiger partial charge >= 0.3 is 163 Å². The standard InChI is InChI=1S/C23H29.2ClH.Zr/c1-14-9-17-12-16-11-15(2)19(22(3,4)5)13-18(16)21(17)20(10-14)23(6,7)8;;;/h9-10,13H,12H2,1-8H3;2*1H;/q;;;+2/p-2. The average molecular weight is 468 g/mol. The van der Waals surface area contributed by atoms with Crippen LogP contribution in [0.3, 0.4) is 0 Å². The Morgan fingerprint density at radius 1 is 0.808 bits per heavy atom. The molecule has 2 aromatic carbocycles. The monoisotopic (exact) mass is 465 g/mol. The molecule has 0 heterocycles. The second kappa shape index (κ2) is 7.73. The summed E-state index contributed by atoms with van der Waals surface area (Å²) >= 11 is 1.55. The zero-order chi connectivity index (χ0) is 18.0. The molecule has 0 bridgehead atoms. The Morgan fingerprint density at radius 3 is 1.85 bits per heavy atom. The molecule has 0 saturated heterocycles. The van der Waals surface area contributed by atoms with Gasteiger partial charge in [-0.3, -0.25) is 0 Å². The van der Waals surface area contributed by atoms with Crippen LogP contribution in [-0.4, -0.2) is 0 Å². The molecule has 1 aliphatic rings.